The summed E-state index contributed by atoms with van der Waals surface area (Å²) in [5.41, 5.74) is 0. The number of hydrogen-bond donors (Lipinski definition) is 0. The van der Waals surface area contributed by atoms with E-state index in [1.54, 1.807) is 0 Å². The summed E-state index contributed by atoms with van der Waals surface area (Å²) in [7, 11) is -2.47. The lowest BCUT2D eigenvalue weighted by atomic mass is 9.89. The van der Waals surface area contributed by atoms with Gasteiger partial charge in [-0.05, 0) is 51.8 Å². The number of benzene rings is 2. The Morgan fingerprint density at radius 1 is 0.848 bits per heavy atom. The molecule has 0 N–H and O–H groups in total. The first-order valence-electron chi connectivity index (χ1n) is 12.5. The molecule has 2 nitrogen and oxygen atoms in total. The molecule has 0 fully saturated rings. The van der Waals surface area contributed by atoms with Crippen LogP contribution in [0.2, 0.25) is 5.04 Å². The molecule has 3 atom stereocenters. The van der Waals surface area contributed by atoms with E-state index in [1.807, 2.05) is 6.92 Å². The Bertz CT molecular complexity index is 792. The van der Waals surface area contributed by atoms with Crippen molar-refractivity contribution in [2.24, 2.45) is 17.8 Å². The van der Waals surface area contributed by atoms with Crippen LogP contribution in [0.5, 0.6) is 0 Å². The number of rotatable bonds is 12. The summed E-state index contributed by atoms with van der Waals surface area (Å²) in [6, 6.07) is 21.8. The Hall–Kier alpha value is -1.36. The van der Waals surface area contributed by atoms with Gasteiger partial charge < -0.3 is 4.43 Å². The van der Waals surface area contributed by atoms with Crippen LogP contribution in [0.25, 0.3) is 0 Å². The van der Waals surface area contributed by atoms with Gasteiger partial charge in [0.15, 0.2) is 5.12 Å². The largest absolute Gasteiger partial charge is 0.407 e. The number of thioether (sulfide) groups is 1. The quantitative estimate of drug-likeness (QED) is 0.306. The van der Waals surface area contributed by atoms with Crippen molar-refractivity contribution in [3.63, 3.8) is 0 Å². The molecule has 33 heavy (non-hydrogen) atoms. The highest BCUT2D eigenvalue weighted by atomic mass is 32.2. The van der Waals surface area contributed by atoms with E-state index < -0.39 is 8.32 Å². The summed E-state index contributed by atoms with van der Waals surface area (Å²) in [4.78, 5) is 12.0. The molecule has 4 heteroatoms. The fourth-order valence-corrected chi connectivity index (χ4v) is 10.6. The molecule has 2 rings (SSSR count). The van der Waals surface area contributed by atoms with Gasteiger partial charge in [0.25, 0.3) is 8.32 Å². The van der Waals surface area contributed by atoms with Crippen molar-refractivity contribution in [1.29, 1.82) is 0 Å². The van der Waals surface area contributed by atoms with Crippen molar-refractivity contribution in [3.8, 4) is 0 Å². The Balaban J connectivity index is 2.14. The zero-order valence-corrected chi connectivity index (χ0v) is 23.6. The minimum Gasteiger partial charge on any atom is -0.407 e. The second-order valence-electron chi connectivity index (χ2n) is 10.8. The summed E-state index contributed by atoms with van der Waals surface area (Å²) in [5, 5.41) is 3.02. The lowest BCUT2D eigenvalue weighted by molar-refractivity contribution is -0.111. The summed E-state index contributed by atoms with van der Waals surface area (Å²) in [6.45, 7) is 16.7. The van der Waals surface area contributed by atoms with E-state index in [4.69, 9.17) is 4.43 Å². The van der Waals surface area contributed by atoms with E-state index in [1.165, 1.54) is 22.1 Å². The predicted molar refractivity (Wildman–Crippen MR) is 148 cm³/mol. The van der Waals surface area contributed by atoms with Crippen molar-refractivity contribution in [1.82, 2.24) is 0 Å². The summed E-state index contributed by atoms with van der Waals surface area (Å²) in [6.07, 6.45) is 2.91. The first-order chi connectivity index (χ1) is 15.6. The highest BCUT2D eigenvalue weighted by molar-refractivity contribution is 8.13. The SMILES string of the molecule is CCSC(=O)C[C@@H](C)C[C@@H](C)C[C@@H](C)CO[Si](c1ccccc1)(c1ccccc1)C(C)(C)C. The molecule has 2 aromatic rings. The molecule has 0 aliphatic carbocycles. The Morgan fingerprint density at radius 2 is 1.33 bits per heavy atom. The van der Waals surface area contributed by atoms with Crippen molar-refractivity contribution < 1.29 is 9.22 Å². The van der Waals surface area contributed by atoms with Gasteiger partial charge in [-0.15, -0.1) is 0 Å². The van der Waals surface area contributed by atoms with Gasteiger partial charge in [0.2, 0.25) is 0 Å². The van der Waals surface area contributed by atoms with Crippen LogP contribution in [0.15, 0.2) is 60.7 Å². The first-order valence-corrected chi connectivity index (χ1v) is 15.4. The van der Waals surface area contributed by atoms with Crippen LogP contribution in [-0.4, -0.2) is 25.8 Å². The lowest BCUT2D eigenvalue weighted by Gasteiger charge is -2.43. The van der Waals surface area contributed by atoms with Gasteiger partial charge in [-0.3, -0.25) is 4.79 Å². The molecule has 0 unspecified atom stereocenters. The van der Waals surface area contributed by atoms with Gasteiger partial charge in [0.05, 0.1) is 0 Å². The van der Waals surface area contributed by atoms with E-state index in [0.29, 0.717) is 29.3 Å². The maximum Gasteiger partial charge on any atom is 0.261 e. The monoisotopic (exact) mass is 484 g/mol. The Morgan fingerprint density at radius 3 is 1.79 bits per heavy atom. The van der Waals surface area contributed by atoms with Crippen molar-refractivity contribution >= 4 is 35.6 Å². The van der Waals surface area contributed by atoms with Gasteiger partial charge in [-0.1, -0.05) is 121 Å². The van der Waals surface area contributed by atoms with E-state index in [2.05, 4.69) is 102 Å². The third-order valence-corrected chi connectivity index (χ3v) is 12.2. The fourth-order valence-electron chi connectivity index (χ4n) is 5.15. The minimum atomic E-state index is -2.47. The molecule has 0 radical (unpaired) electrons. The average molecular weight is 485 g/mol. The lowest BCUT2D eigenvalue weighted by Crippen LogP contribution is -2.66. The van der Waals surface area contributed by atoms with Crippen molar-refractivity contribution in [2.75, 3.05) is 12.4 Å². The van der Waals surface area contributed by atoms with Gasteiger partial charge in [-0.25, -0.2) is 0 Å². The number of hydrogen-bond acceptors (Lipinski definition) is 3. The predicted octanol–water partition coefficient (Wildman–Crippen LogP) is 6.92. The van der Waals surface area contributed by atoms with Crippen LogP contribution < -0.4 is 10.4 Å². The topological polar surface area (TPSA) is 26.3 Å². The Kier molecular flexibility index (Phi) is 10.9. The molecule has 182 valence electrons. The second-order valence-corrected chi connectivity index (χ2v) is 16.4. The molecule has 0 bridgehead atoms. The van der Waals surface area contributed by atoms with Crippen LogP contribution >= 0.6 is 11.8 Å². The number of carbonyl (C=O) groups is 1. The maximum absolute atomic E-state index is 12.0. The average Bonchev–Trinajstić information content (AvgIpc) is 2.74. The molecule has 0 aliphatic rings. The second kappa shape index (κ2) is 12.9. The van der Waals surface area contributed by atoms with Gasteiger partial charge in [0, 0.05) is 13.0 Å². The molecule has 0 saturated heterocycles. The molecule has 0 aromatic heterocycles. The zero-order chi connectivity index (χ0) is 24.5. The van der Waals surface area contributed by atoms with E-state index in [9.17, 15) is 4.79 Å². The van der Waals surface area contributed by atoms with Crippen LogP contribution in [-0.2, 0) is 9.22 Å². The Labute approximate surface area is 208 Å². The normalized spacial score (nSPS) is 15.1. The third kappa shape index (κ3) is 7.83. The molecule has 0 spiro atoms. The van der Waals surface area contributed by atoms with E-state index in [0.717, 1.165) is 25.2 Å². The first kappa shape index (κ1) is 27.9. The molecular weight excluding hydrogens is 440 g/mol. The summed E-state index contributed by atoms with van der Waals surface area (Å²) in [5.74, 6) is 2.36. The van der Waals surface area contributed by atoms with Crippen molar-refractivity contribution in [2.45, 2.75) is 72.8 Å². The van der Waals surface area contributed by atoms with Gasteiger partial charge in [0.1, 0.15) is 0 Å². The van der Waals surface area contributed by atoms with Gasteiger partial charge >= 0.3 is 0 Å². The number of carbonyl (C=O) groups excluding carboxylic acids is 1. The molecule has 0 amide bonds. The summed E-state index contributed by atoms with van der Waals surface area (Å²) >= 11 is 1.46. The van der Waals surface area contributed by atoms with Crippen LogP contribution in [0.4, 0.5) is 0 Å². The molecular formula is C29H44O2SSi. The zero-order valence-electron chi connectivity index (χ0n) is 21.8. The van der Waals surface area contributed by atoms with E-state index in [-0.39, 0.29) is 5.04 Å². The third-order valence-electron chi connectivity index (χ3n) is 6.43. The van der Waals surface area contributed by atoms with Gasteiger partial charge in [-0.2, -0.15) is 0 Å². The van der Waals surface area contributed by atoms with Crippen LogP contribution in [0.1, 0.15) is 67.7 Å². The minimum absolute atomic E-state index is 0.00681. The molecule has 0 aliphatic heterocycles. The molecule has 2 aromatic carbocycles. The summed E-state index contributed by atoms with van der Waals surface area (Å²) < 4.78 is 7.11. The molecule has 0 heterocycles. The highest BCUT2D eigenvalue weighted by Gasteiger charge is 2.50. The van der Waals surface area contributed by atoms with E-state index >= 15 is 0 Å². The van der Waals surface area contributed by atoms with Crippen molar-refractivity contribution in [3.05, 3.63) is 60.7 Å². The molecule has 0 saturated carbocycles. The highest BCUT2D eigenvalue weighted by Crippen LogP contribution is 2.37. The standard InChI is InChI=1S/C29H44O2SSi/c1-8-32-28(30)21-24(3)19-23(2)20-25(4)22-31-33(29(5,6)7,26-15-11-9-12-16-26)27-17-13-10-14-18-27/h9-18,23-25H,8,19-22H2,1-7H3/t23-,24+,25-/m1/s1. The maximum atomic E-state index is 12.0. The van der Waals surface area contributed by atoms with Crippen LogP contribution in [0.3, 0.4) is 0 Å². The fraction of sp³-hybridized carbons (Fsp3) is 0.552. The smallest absolute Gasteiger partial charge is 0.261 e. The van der Waals surface area contributed by atoms with Crippen LogP contribution in [0, 0.1) is 17.8 Å².